The molecule has 8 nitrogen and oxygen atoms in total. The van der Waals surface area contributed by atoms with Crippen LogP contribution in [0.3, 0.4) is 0 Å². The van der Waals surface area contributed by atoms with Crippen LogP contribution in [0.25, 0.3) is 0 Å². The lowest BCUT2D eigenvalue weighted by Gasteiger charge is -2.08. The molecule has 0 aliphatic heterocycles. The third-order valence-corrected chi connectivity index (χ3v) is 2.12. The number of rotatable bonds is 10. The van der Waals surface area contributed by atoms with Crippen LogP contribution in [0.4, 0.5) is 11.9 Å². The summed E-state index contributed by atoms with van der Waals surface area (Å²) in [6.45, 7) is 4.35. The molecule has 0 bridgehead atoms. The van der Waals surface area contributed by atoms with Gasteiger partial charge in [0.2, 0.25) is 11.9 Å². The van der Waals surface area contributed by atoms with E-state index in [9.17, 15) is 0 Å². The molecule has 0 aromatic carbocycles. The lowest BCUT2D eigenvalue weighted by atomic mass is 10.4. The smallest absolute Gasteiger partial charge is 0.322 e. The van der Waals surface area contributed by atoms with E-state index in [1.807, 2.05) is 6.92 Å². The molecule has 0 atom stereocenters. The second-order valence-electron chi connectivity index (χ2n) is 3.62. The minimum absolute atomic E-state index is 0.0458. The van der Waals surface area contributed by atoms with Gasteiger partial charge in [0.05, 0.1) is 20.3 Å². The van der Waals surface area contributed by atoms with E-state index in [1.54, 1.807) is 0 Å². The van der Waals surface area contributed by atoms with Crippen LogP contribution in [0.1, 0.15) is 13.3 Å². The standard InChI is InChI=1S/C11H21N5O3/c1-3-12-9-14-10(16-11(15-9)18-2)13-5-4-7-19-8-6-17/h17H,3-8H2,1-2H3,(H2,12,13,14,15,16). The van der Waals surface area contributed by atoms with E-state index in [0.29, 0.717) is 31.7 Å². The van der Waals surface area contributed by atoms with Gasteiger partial charge in [-0.2, -0.15) is 15.0 Å². The van der Waals surface area contributed by atoms with Gasteiger partial charge in [-0.3, -0.25) is 0 Å². The third-order valence-electron chi connectivity index (χ3n) is 2.12. The van der Waals surface area contributed by atoms with Gasteiger partial charge < -0.3 is 25.2 Å². The van der Waals surface area contributed by atoms with Crippen LogP contribution in [0.2, 0.25) is 0 Å². The maximum Gasteiger partial charge on any atom is 0.322 e. The normalized spacial score (nSPS) is 10.3. The summed E-state index contributed by atoms with van der Waals surface area (Å²) in [6, 6.07) is 0.269. The Morgan fingerprint density at radius 3 is 2.47 bits per heavy atom. The number of ether oxygens (including phenoxy) is 2. The van der Waals surface area contributed by atoms with E-state index >= 15 is 0 Å². The van der Waals surface area contributed by atoms with Crippen molar-refractivity contribution in [3.8, 4) is 6.01 Å². The maximum absolute atomic E-state index is 8.55. The molecule has 108 valence electrons. The number of aromatic nitrogens is 3. The van der Waals surface area contributed by atoms with Gasteiger partial charge in [-0.15, -0.1) is 0 Å². The summed E-state index contributed by atoms with van der Waals surface area (Å²) < 4.78 is 10.2. The Kier molecular flexibility index (Phi) is 7.52. The zero-order chi connectivity index (χ0) is 13.9. The SMILES string of the molecule is CCNc1nc(NCCCOCCO)nc(OC)n1. The highest BCUT2D eigenvalue weighted by molar-refractivity contribution is 5.35. The van der Waals surface area contributed by atoms with Gasteiger partial charge in [-0.25, -0.2) is 0 Å². The first-order chi connectivity index (χ1) is 9.30. The summed E-state index contributed by atoms with van der Waals surface area (Å²) >= 11 is 0. The van der Waals surface area contributed by atoms with Gasteiger partial charge in [0.1, 0.15) is 0 Å². The van der Waals surface area contributed by atoms with E-state index in [0.717, 1.165) is 13.0 Å². The van der Waals surface area contributed by atoms with Crippen LogP contribution in [-0.4, -0.2) is 60.1 Å². The summed E-state index contributed by atoms with van der Waals surface area (Å²) in [7, 11) is 1.51. The van der Waals surface area contributed by atoms with Crippen LogP contribution < -0.4 is 15.4 Å². The van der Waals surface area contributed by atoms with Gasteiger partial charge in [0.25, 0.3) is 0 Å². The molecule has 0 aliphatic carbocycles. The van der Waals surface area contributed by atoms with Crippen LogP contribution in [0.5, 0.6) is 6.01 Å². The molecule has 0 saturated heterocycles. The van der Waals surface area contributed by atoms with Crippen molar-refractivity contribution < 1.29 is 14.6 Å². The second-order valence-corrected chi connectivity index (χ2v) is 3.62. The number of methoxy groups -OCH3 is 1. The van der Waals surface area contributed by atoms with E-state index in [-0.39, 0.29) is 12.6 Å². The molecular weight excluding hydrogens is 250 g/mol. The zero-order valence-electron chi connectivity index (χ0n) is 11.3. The summed E-state index contributed by atoms with van der Waals surface area (Å²) in [6.07, 6.45) is 0.796. The highest BCUT2D eigenvalue weighted by atomic mass is 16.5. The highest BCUT2D eigenvalue weighted by Gasteiger charge is 2.05. The molecule has 0 aliphatic rings. The fourth-order valence-electron chi connectivity index (χ4n) is 1.31. The predicted molar refractivity (Wildman–Crippen MR) is 71.6 cm³/mol. The molecule has 1 heterocycles. The molecule has 0 saturated carbocycles. The van der Waals surface area contributed by atoms with E-state index < -0.39 is 0 Å². The molecule has 0 unspecified atom stereocenters. The van der Waals surface area contributed by atoms with Crippen LogP contribution >= 0.6 is 0 Å². The Balaban J connectivity index is 2.41. The molecule has 0 fully saturated rings. The average molecular weight is 271 g/mol. The maximum atomic E-state index is 8.55. The minimum atomic E-state index is 0.0458. The van der Waals surface area contributed by atoms with Crippen molar-refractivity contribution >= 4 is 11.9 Å². The first kappa shape index (κ1) is 15.4. The molecule has 0 amide bonds. The van der Waals surface area contributed by atoms with Gasteiger partial charge in [-0.1, -0.05) is 0 Å². The van der Waals surface area contributed by atoms with Crippen molar-refractivity contribution in [3.05, 3.63) is 0 Å². The van der Waals surface area contributed by atoms with Crippen molar-refractivity contribution in [3.63, 3.8) is 0 Å². The fourth-order valence-corrected chi connectivity index (χ4v) is 1.31. The lowest BCUT2D eigenvalue weighted by molar-refractivity contribution is 0.0921. The van der Waals surface area contributed by atoms with Crippen LogP contribution in [0, 0.1) is 0 Å². The highest BCUT2D eigenvalue weighted by Crippen LogP contribution is 2.10. The molecular formula is C11H21N5O3. The molecule has 0 spiro atoms. The molecule has 1 aromatic rings. The predicted octanol–water partition coefficient (Wildman–Crippen LogP) is 0.123. The largest absolute Gasteiger partial charge is 0.467 e. The number of hydrogen-bond acceptors (Lipinski definition) is 8. The number of hydrogen-bond donors (Lipinski definition) is 3. The van der Waals surface area contributed by atoms with Crippen molar-refractivity contribution in [2.45, 2.75) is 13.3 Å². The van der Waals surface area contributed by atoms with Gasteiger partial charge >= 0.3 is 6.01 Å². The Bertz CT molecular complexity index is 364. The van der Waals surface area contributed by atoms with E-state index in [4.69, 9.17) is 14.6 Å². The Labute approximate surface area is 112 Å². The lowest BCUT2D eigenvalue weighted by Crippen LogP contribution is -2.12. The Morgan fingerprint density at radius 2 is 1.84 bits per heavy atom. The number of aliphatic hydroxyl groups is 1. The average Bonchev–Trinajstić information content (AvgIpc) is 2.43. The Hall–Kier alpha value is -1.67. The molecule has 3 N–H and O–H groups in total. The summed E-state index contributed by atoms with van der Waals surface area (Å²) in [5.41, 5.74) is 0. The number of nitrogens with zero attached hydrogens (tertiary/aromatic N) is 3. The Morgan fingerprint density at radius 1 is 1.11 bits per heavy atom. The second kappa shape index (κ2) is 9.29. The quantitative estimate of drug-likeness (QED) is 0.516. The van der Waals surface area contributed by atoms with Crippen molar-refractivity contribution in [2.24, 2.45) is 0 Å². The first-order valence-electron chi connectivity index (χ1n) is 6.26. The fraction of sp³-hybridized carbons (Fsp3) is 0.727. The van der Waals surface area contributed by atoms with Crippen LogP contribution in [-0.2, 0) is 4.74 Å². The zero-order valence-corrected chi connectivity index (χ0v) is 11.3. The van der Waals surface area contributed by atoms with Crippen LogP contribution in [0.15, 0.2) is 0 Å². The van der Waals surface area contributed by atoms with E-state index in [1.165, 1.54) is 7.11 Å². The monoisotopic (exact) mass is 271 g/mol. The third kappa shape index (κ3) is 6.16. The summed E-state index contributed by atoms with van der Waals surface area (Å²) in [4.78, 5) is 12.4. The summed E-state index contributed by atoms with van der Waals surface area (Å²) in [5.74, 6) is 0.943. The van der Waals surface area contributed by atoms with Gasteiger partial charge in [0.15, 0.2) is 0 Å². The molecule has 1 rings (SSSR count). The van der Waals surface area contributed by atoms with Crippen molar-refractivity contribution in [2.75, 3.05) is 50.7 Å². The molecule has 8 heteroatoms. The van der Waals surface area contributed by atoms with Gasteiger partial charge in [0, 0.05) is 19.7 Å². The minimum Gasteiger partial charge on any atom is -0.467 e. The molecule has 0 radical (unpaired) electrons. The first-order valence-corrected chi connectivity index (χ1v) is 6.26. The molecule has 19 heavy (non-hydrogen) atoms. The number of nitrogens with one attached hydrogen (secondary N) is 2. The van der Waals surface area contributed by atoms with Gasteiger partial charge in [-0.05, 0) is 13.3 Å². The van der Waals surface area contributed by atoms with Crippen molar-refractivity contribution in [1.82, 2.24) is 15.0 Å². The topological polar surface area (TPSA) is 101 Å². The van der Waals surface area contributed by atoms with Crippen molar-refractivity contribution in [1.29, 1.82) is 0 Å². The number of aliphatic hydroxyl groups excluding tert-OH is 1. The number of anilines is 2. The summed E-state index contributed by atoms with van der Waals surface area (Å²) in [5, 5.41) is 14.6. The molecule has 1 aromatic heterocycles. The van der Waals surface area contributed by atoms with E-state index in [2.05, 4.69) is 25.6 Å².